The molecule has 2 fully saturated rings. The number of aliphatic carboxylic acids is 1. The van der Waals surface area contributed by atoms with Gasteiger partial charge in [-0.15, -0.1) is 0 Å². The molecule has 3 aliphatic heterocycles. The number of phenols is 1. The van der Waals surface area contributed by atoms with Gasteiger partial charge in [-0.05, 0) is 70.3 Å². The standard InChI is InChI=1S/C45H35N3O11/c49-24-8-7-9-27-16-23-35-34(25-27)45(43(54)46(35)44(55)58-26-28-14-19-32(20-15-28)48(56)57)36(41(51)52)38-42(53)59-39(30-12-5-2-6-13-30)37(29-10-3-1-4-11-29)47(38)40(45)31-17-21-33(50)22-18-31/h1-6,10-23,25,36-40,49-50H,8,24,26H2,(H,51,52)/t36-,37-,38-,39+,40+,45-/m1/s1. The summed E-state index contributed by atoms with van der Waals surface area (Å²) in [5, 5.41) is 42.5. The summed E-state index contributed by atoms with van der Waals surface area (Å²) in [4.78, 5) is 71.8. The van der Waals surface area contributed by atoms with Crippen LogP contribution in [0.5, 0.6) is 5.75 Å². The second-order valence-corrected chi connectivity index (χ2v) is 14.3. The van der Waals surface area contributed by atoms with Gasteiger partial charge in [0.05, 0.1) is 29.3 Å². The van der Waals surface area contributed by atoms with E-state index >= 15 is 4.79 Å². The highest BCUT2D eigenvalue weighted by Crippen LogP contribution is 2.66. The third-order valence-electron chi connectivity index (χ3n) is 11.1. The number of hydrogen-bond donors (Lipinski definition) is 3. The van der Waals surface area contributed by atoms with E-state index in [-0.39, 0.29) is 35.7 Å². The number of carboxylic acid groups (broad SMARTS) is 1. The van der Waals surface area contributed by atoms with Crippen LogP contribution >= 0.6 is 0 Å². The number of hydrogen-bond acceptors (Lipinski definition) is 11. The molecule has 0 radical (unpaired) electrons. The minimum atomic E-state index is -2.23. The molecule has 5 aromatic rings. The Labute approximate surface area is 337 Å². The summed E-state index contributed by atoms with van der Waals surface area (Å²) < 4.78 is 11.9. The number of cyclic esters (lactones) is 1. The quantitative estimate of drug-likeness (QED) is 0.0706. The van der Waals surface area contributed by atoms with E-state index in [9.17, 15) is 39.8 Å². The molecule has 14 heteroatoms. The predicted octanol–water partition coefficient (Wildman–Crippen LogP) is 6.12. The normalized spacial score (nSPS) is 23.1. The Morgan fingerprint density at radius 1 is 0.847 bits per heavy atom. The maximum atomic E-state index is 15.7. The smallest absolute Gasteiger partial charge is 0.421 e. The number of aromatic hydroxyl groups is 1. The number of nitro benzene ring substituents is 1. The summed E-state index contributed by atoms with van der Waals surface area (Å²) >= 11 is 0. The number of anilines is 1. The van der Waals surface area contributed by atoms with E-state index in [1.165, 1.54) is 48.5 Å². The third kappa shape index (κ3) is 6.52. The van der Waals surface area contributed by atoms with Crippen LogP contribution in [0.4, 0.5) is 16.2 Å². The lowest BCUT2D eigenvalue weighted by Crippen LogP contribution is -2.53. The Kier molecular flexibility index (Phi) is 10.1. The van der Waals surface area contributed by atoms with Gasteiger partial charge in [-0.3, -0.25) is 29.4 Å². The number of phenolic OH excluding ortho intramolecular Hbond substituents is 1. The number of imide groups is 1. The van der Waals surface area contributed by atoms with E-state index in [0.717, 1.165) is 4.90 Å². The molecule has 0 unspecified atom stereocenters. The number of rotatable bonds is 8. The number of carbonyl (C=O) groups excluding carboxylic acids is 3. The van der Waals surface area contributed by atoms with Crippen molar-refractivity contribution in [1.29, 1.82) is 0 Å². The number of esters is 1. The Hall–Kier alpha value is -7.34. The Balaban J connectivity index is 1.37. The van der Waals surface area contributed by atoms with Crippen LogP contribution in [0, 0.1) is 27.9 Å². The van der Waals surface area contributed by atoms with Crippen molar-refractivity contribution in [2.45, 2.75) is 42.7 Å². The van der Waals surface area contributed by atoms with Crippen LogP contribution in [-0.4, -0.2) is 61.7 Å². The van der Waals surface area contributed by atoms with Crippen LogP contribution in [0.25, 0.3) is 0 Å². The molecular weight excluding hydrogens is 759 g/mol. The highest BCUT2D eigenvalue weighted by atomic mass is 16.6. The Morgan fingerprint density at radius 3 is 2.14 bits per heavy atom. The summed E-state index contributed by atoms with van der Waals surface area (Å²) in [5.74, 6) is 0.427. The third-order valence-corrected chi connectivity index (χ3v) is 11.1. The molecule has 3 N–H and O–H groups in total. The number of aliphatic hydroxyl groups excluding tert-OH is 1. The van der Waals surface area contributed by atoms with Crippen LogP contribution in [0.1, 0.15) is 58.0 Å². The number of nitrogens with zero attached hydrogens (tertiary/aromatic N) is 3. The van der Waals surface area contributed by atoms with Crippen molar-refractivity contribution >= 4 is 35.3 Å². The highest BCUT2D eigenvalue weighted by molar-refractivity contribution is 6.23. The van der Waals surface area contributed by atoms with Crippen LogP contribution in [0.3, 0.4) is 0 Å². The number of non-ortho nitro benzene ring substituents is 1. The second kappa shape index (κ2) is 15.5. The summed E-state index contributed by atoms with van der Waals surface area (Å²) in [6.45, 7) is -0.617. The topological polar surface area (TPSA) is 197 Å². The lowest BCUT2D eigenvalue weighted by molar-refractivity contribution is -0.384. The lowest BCUT2D eigenvalue weighted by atomic mass is 9.65. The number of fused-ring (bicyclic) bond motifs is 3. The first-order valence-electron chi connectivity index (χ1n) is 18.6. The summed E-state index contributed by atoms with van der Waals surface area (Å²) in [5.41, 5.74) is 0.00809. The van der Waals surface area contributed by atoms with E-state index < -0.39 is 71.0 Å². The van der Waals surface area contributed by atoms with Gasteiger partial charge >= 0.3 is 18.0 Å². The molecule has 0 aromatic heterocycles. The van der Waals surface area contributed by atoms with Crippen LogP contribution in [-0.2, 0) is 35.9 Å². The lowest BCUT2D eigenvalue weighted by Gasteiger charge is -2.46. The molecular formula is C45H35N3O11. The number of amides is 2. The van der Waals surface area contributed by atoms with Crippen LogP contribution in [0.15, 0.2) is 127 Å². The predicted molar refractivity (Wildman–Crippen MR) is 210 cm³/mol. The van der Waals surface area contributed by atoms with Gasteiger partial charge < -0.3 is 24.8 Å². The second-order valence-electron chi connectivity index (χ2n) is 14.3. The fraction of sp³-hybridized carbons (Fsp3) is 0.200. The largest absolute Gasteiger partial charge is 0.508 e. The van der Waals surface area contributed by atoms with Gasteiger partial charge in [-0.25, -0.2) is 9.69 Å². The summed E-state index contributed by atoms with van der Waals surface area (Å²) in [7, 11) is 0. The molecule has 14 nitrogen and oxygen atoms in total. The molecule has 1 spiro atoms. The zero-order chi connectivity index (χ0) is 41.4. The van der Waals surface area contributed by atoms with Crippen molar-refractivity contribution in [2.75, 3.05) is 11.5 Å². The first kappa shape index (κ1) is 38.5. The average molecular weight is 794 g/mol. The van der Waals surface area contributed by atoms with Crippen molar-refractivity contribution in [3.63, 3.8) is 0 Å². The molecule has 8 rings (SSSR count). The number of ether oxygens (including phenoxy) is 2. The minimum absolute atomic E-state index is 0.00415. The monoisotopic (exact) mass is 793 g/mol. The molecule has 59 heavy (non-hydrogen) atoms. The molecule has 2 amide bonds. The average Bonchev–Trinajstić information content (AvgIpc) is 3.70. The van der Waals surface area contributed by atoms with Crippen molar-refractivity contribution in [3.05, 3.63) is 171 Å². The number of morpholine rings is 1. The van der Waals surface area contributed by atoms with Gasteiger partial charge in [-0.2, -0.15) is 0 Å². The van der Waals surface area contributed by atoms with Crippen molar-refractivity contribution in [3.8, 4) is 17.6 Å². The van der Waals surface area contributed by atoms with Crippen LogP contribution < -0.4 is 4.90 Å². The van der Waals surface area contributed by atoms with Gasteiger partial charge in [-0.1, -0.05) is 84.6 Å². The highest BCUT2D eigenvalue weighted by Gasteiger charge is 2.76. The van der Waals surface area contributed by atoms with Gasteiger partial charge in [0.1, 0.15) is 35.8 Å². The van der Waals surface area contributed by atoms with Gasteiger partial charge in [0.2, 0.25) is 5.91 Å². The zero-order valence-corrected chi connectivity index (χ0v) is 31.1. The molecule has 5 aromatic carbocycles. The minimum Gasteiger partial charge on any atom is -0.508 e. The fourth-order valence-corrected chi connectivity index (χ4v) is 8.75. The number of carboxylic acids is 1. The van der Waals surface area contributed by atoms with E-state index in [1.54, 1.807) is 59.5 Å². The van der Waals surface area contributed by atoms with E-state index in [0.29, 0.717) is 27.8 Å². The Bertz CT molecular complexity index is 2520. The first-order chi connectivity index (χ1) is 28.6. The van der Waals surface area contributed by atoms with E-state index in [2.05, 4.69) is 11.8 Å². The van der Waals surface area contributed by atoms with Gasteiger partial charge in [0.15, 0.2) is 0 Å². The molecule has 0 bridgehead atoms. The number of carbonyl (C=O) groups is 4. The molecule has 3 heterocycles. The van der Waals surface area contributed by atoms with E-state index in [4.69, 9.17) is 9.47 Å². The Morgan fingerprint density at radius 2 is 1.51 bits per heavy atom. The number of benzene rings is 5. The van der Waals surface area contributed by atoms with E-state index in [1.807, 2.05) is 24.3 Å². The zero-order valence-electron chi connectivity index (χ0n) is 31.1. The fourth-order valence-electron chi connectivity index (χ4n) is 8.75. The molecule has 6 atom stereocenters. The number of nitro groups is 1. The van der Waals surface area contributed by atoms with Gasteiger partial charge in [0.25, 0.3) is 5.69 Å². The first-order valence-corrected chi connectivity index (χ1v) is 18.6. The maximum absolute atomic E-state index is 15.7. The van der Waals surface area contributed by atoms with Crippen molar-refractivity contribution in [2.24, 2.45) is 5.92 Å². The van der Waals surface area contributed by atoms with Gasteiger partial charge in [0, 0.05) is 24.1 Å². The van der Waals surface area contributed by atoms with Crippen molar-refractivity contribution in [1.82, 2.24) is 4.90 Å². The SMILES string of the molecule is O=C1O[C@@H](c2ccccc2)[C@@H](c2ccccc2)N2[C@@H](c3ccc(O)cc3)[C@]3(C(=O)N(C(=O)OCc4ccc([N+](=O)[O-])cc4)c4ccc(C#CCCO)cc43)[C@@H](C(=O)O)[C@H]12. The molecule has 296 valence electrons. The molecule has 3 aliphatic rings. The maximum Gasteiger partial charge on any atom is 0.421 e. The van der Waals surface area contributed by atoms with Crippen molar-refractivity contribution < 1.29 is 48.9 Å². The van der Waals surface area contributed by atoms with Crippen LogP contribution in [0.2, 0.25) is 0 Å². The molecule has 0 aliphatic carbocycles. The summed E-state index contributed by atoms with van der Waals surface area (Å²) in [6, 6.07) is 30.0. The molecule has 2 saturated heterocycles. The number of aliphatic hydroxyl groups is 1. The molecule has 0 saturated carbocycles. The summed E-state index contributed by atoms with van der Waals surface area (Å²) in [6.07, 6.45) is -2.02.